The summed E-state index contributed by atoms with van der Waals surface area (Å²) in [5.41, 5.74) is 0.748. The van der Waals surface area contributed by atoms with Crippen LogP contribution in [0.25, 0.3) is 0 Å². The Morgan fingerprint density at radius 3 is 2.14 bits per heavy atom. The van der Waals surface area contributed by atoms with Crippen LogP contribution in [0, 0.1) is 0 Å². The second-order valence-electron chi connectivity index (χ2n) is 6.78. The molecule has 0 saturated carbocycles. The first-order valence-electron chi connectivity index (χ1n) is 8.97. The maximum absolute atomic E-state index is 12.8. The summed E-state index contributed by atoms with van der Waals surface area (Å²) >= 11 is 0. The Kier molecular flexibility index (Phi) is 5.92. The van der Waals surface area contributed by atoms with E-state index in [0.717, 1.165) is 35.9 Å². The first-order chi connectivity index (χ1) is 13.2. The Hall–Kier alpha value is -2.17. The van der Waals surface area contributed by atoms with Crippen molar-refractivity contribution < 1.29 is 16.8 Å². The molecular weight excluding hydrogens is 400 g/mol. The third-order valence-corrected chi connectivity index (χ3v) is 7.81. The summed E-state index contributed by atoms with van der Waals surface area (Å²) in [7, 11) is -4.68. The van der Waals surface area contributed by atoms with E-state index < -0.39 is 20.0 Å². The molecular formula is C18H24N4O4S2. The van der Waals surface area contributed by atoms with Crippen LogP contribution in [-0.4, -0.2) is 53.3 Å². The Balaban J connectivity index is 1.87. The third kappa shape index (κ3) is 4.29. The standard InChI is InChI=1S/C18H24N4O4S2/c1-21(2)28(25,26)16-10-8-15(9-11-16)27(23,24)20-18-17(7-6-12-19-18)22-13-4-3-5-14-22/h6-12H,3-5,13-14H2,1-2H3,(H,19,20). The molecule has 0 unspecified atom stereocenters. The topological polar surface area (TPSA) is 99.7 Å². The van der Waals surface area contributed by atoms with E-state index in [0.29, 0.717) is 0 Å². The highest BCUT2D eigenvalue weighted by Gasteiger charge is 2.22. The van der Waals surface area contributed by atoms with E-state index >= 15 is 0 Å². The van der Waals surface area contributed by atoms with Gasteiger partial charge in [-0.2, -0.15) is 0 Å². The summed E-state index contributed by atoms with van der Waals surface area (Å²) in [6, 6.07) is 8.76. The number of rotatable bonds is 6. The summed E-state index contributed by atoms with van der Waals surface area (Å²) in [6.45, 7) is 1.72. The van der Waals surface area contributed by atoms with Gasteiger partial charge in [-0.3, -0.25) is 4.72 Å². The quantitative estimate of drug-likeness (QED) is 0.763. The van der Waals surface area contributed by atoms with Crippen molar-refractivity contribution in [2.45, 2.75) is 29.1 Å². The molecule has 1 saturated heterocycles. The highest BCUT2D eigenvalue weighted by atomic mass is 32.2. The van der Waals surface area contributed by atoms with Crippen LogP contribution < -0.4 is 9.62 Å². The van der Waals surface area contributed by atoms with Crippen molar-refractivity contribution in [1.82, 2.24) is 9.29 Å². The van der Waals surface area contributed by atoms with E-state index in [1.165, 1.54) is 51.0 Å². The van der Waals surface area contributed by atoms with Crippen LogP contribution in [0.3, 0.4) is 0 Å². The molecule has 0 amide bonds. The number of nitrogens with zero attached hydrogens (tertiary/aromatic N) is 3. The predicted molar refractivity (Wildman–Crippen MR) is 108 cm³/mol. The van der Waals surface area contributed by atoms with Gasteiger partial charge in [-0.25, -0.2) is 26.1 Å². The van der Waals surface area contributed by atoms with E-state index in [-0.39, 0.29) is 15.6 Å². The molecule has 1 fully saturated rings. The molecule has 8 nitrogen and oxygen atoms in total. The molecule has 3 rings (SSSR count). The summed E-state index contributed by atoms with van der Waals surface area (Å²) in [5, 5.41) is 0. The minimum Gasteiger partial charge on any atom is -0.369 e. The molecule has 1 N–H and O–H groups in total. The maximum atomic E-state index is 12.8. The largest absolute Gasteiger partial charge is 0.369 e. The molecule has 1 aliphatic heterocycles. The maximum Gasteiger partial charge on any atom is 0.263 e. The molecule has 0 aliphatic carbocycles. The smallest absolute Gasteiger partial charge is 0.263 e. The SMILES string of the molecule is CN(C)S(=O)(=O)c1ccc(S(=O)(=O)Nc2ncccc2N2CCCCC2)cc1. The van der Waals surface area contributed by atoms with Crippen LogP contribution in [0.4, 0.5) is 11.5 Å². The summed E-state index contributed by atoms with van der Waals surface area (Å²) in [5.74, 6) is 0.273. The summed E-state index contributed by atoms with van der Waals surface area (Å²) in [4.78, 5) is 6.34. The van der Waals surface area contributed by atoms with E-state index in [4.69, 9.17) is 0 Å². The number of anilines is 2. The van der Waals surface area contributed by atoms with Crippen LogP contribution in [0.15, 0.2) is 52.4 Å². The van der Waals surface area contributed by atoms with Crippen molar-refractivity contribution in [2.24, 2.45) is 0 Å². The Morgan fingerprint density at radius 1 is 0.929 bits per heavy atom. The van der Waals surface area contributed by atoms with Crippen LogP contribution >= 0.6 is 0 Å². The highest BCUT2D eigenvalue weighted by Crippen LogP contribution is 2.28. The van der Waals surface area contributed by atoms with Crippen molar-refractivity contribution in [3.05, 3.63) is 42.6 Å². The fourth-order valence-corrected chi connectivity index (χ4v) is 4.98. The molecule has 10 heteroatoms. The molecule has 1 aromatic heterocycles. The lowest BCUT2D eigenvalue weighted by molar-refractivity contribution is 0.520. The molecule has 1 aliphatic rings. The second-order valence-corrected chi connectivity index (χ2v) is 10.6. The number of benzene rings is 1. The molecule has 2 aromatic rings. The Bertz CT molecular complexity index is 1030. The second kappa shape index (κ2) is 8.06. The van der Waals surface area contributed by atoms with E-state index in [1.54, 1.807) is 6.07 Å². The van der Waals surface area contributed by atoms with Gasteiger partial charge in [-0.1, -0.05) is 0 Å². The molecule has 0 atom stereocenters. The zero-order valence-electron chi connectivity index (χ0n) is 15.9. The van der Waals surface area contributed by atoms with Crippen LogP contribution in [0.2, 0.25) is 0 Å². The summed E-state index contributed by atoms with van der Waals surface area (Å²) < 4.78 is 53.5. The first kappa shape index (κ1) is 20.6. The molecule has 0 spiro atoms. The zero-order valence-corrected chi connectivity index (χ0v) is 17.5. The molecule has 0 bridgehead atoms. The lowest BCUT2D eigenvalue weighted by Gasteiger charge is -2.30. The Labute approximate surface area is 166 Å². The molecule has 152 valence electrons. The fraction of sp³-hybridized carbons (Fsp3) is 0.389. The molecule has 2 heterocycles. The molecule has 0 radical (unpaired) electrons. The normalized spacial score (nSPS) is 15.6. The lowest BCUT2D eigenvalue weighted by Crippen LogP contribution is -2.30. The van der Waals surface area contributed by atoms with Gasteiger partial charge < -0.3 is 4.90 Å². The van der Waals surface area contributed by atoms with Crippen LogP contribution in [0.5, 0.6) is 0 Å². The molecule has 1 aromatic carbocycles. The van der Waals surface area contributed by atoms with Crippen LogP contribution in [-0.2, 0) is 20.0 Å². The van der Waals surface area contributed by atoms with Crippen molar-refractivity contribution in [3.8, 4) is 0 Å². The van der Waals surface area contributed by atoms with Gasteiger partial charge in [-0.05, 0) is 55.7 Å². The number of hydrogen-bond acceptors (Lipinski definition) is 6. The zero-order chi connectivity index (χ0) is 20.4. The number of nitrogens with one attached hydrogen (secondary N) is 1. The highest BCUT2D eigenvalue weighted by molar-refractivity contribution is 7.92. The summed E-state index contributed by atoms with van der Waals surface area (Å²) in [6.07, 6.45) is 4.82. The van der Waals surface area contributed by atoms with Crippen molar-refractivity contribution in [3.63, 3.8) is 0 Å². The number of sulfonamides is 2. The monoisotopic (exact) mass is 424 g/mol. The van der Waals surface area contributed by atoms with Crippen molar-refractivity contribution >= 4 is 31.6 Å². The van der Waals surface area contributed by atoms with Gasteiger partial charge in [0.05, 0.1) is 15.5 Å². The van der Waals surface area contributed by atoms with Gasteiger partial charge in [0.15, 0.2) is 5.82 Å². The molecule has 28 heavy (non-hydrogen) atoms. The fourth-order valence-electron chi connectivity index (χ4n) is 3.05. The number of hydrogen-bond donors (Lipinski definition) is 1. The van der Waals surface area contributed by atoms with E-state index in [2.05, 4.69) is 14.6 Å². The number of aromatic nitrogens is 1. The van der Waals surface area contributed by atoms with Crippen LogP contribution in [0.1, 0.15) is 19.3 Å². The third-order valence-electron chi connectivity index (χ3n) is 4.63. The lowest BCUT2D eigenvalue weighted by atomic mass is 10.1. The number of pyridine rings is 1. The van der Waals surface area contributed by atoms with Gasteiger partial charge in [0.2, 0.25) is 10.0 Å². The predicted octanol–water partition coefficient (Wildman–Crippen LogP) is 2.12. The minimum absolute atomic E-state index is 0.0274. The van der Waals surface area contributed by atoms with Gasteiger partial charge in [0, 0.05) is 33.4 Å². The minimum atomic E-state index is -3.90. The van der Waals surface area contributed by atoms with Crippen molar-refractivity contribution in [1.29, 1.82) is 0 Å². The van der Waals surface area contributed by atoms with E-state index in [1.807, 2.05) is 6.07 Å². The number of piperidine rings is 1. The van der Waals surface area contributed by atoms with Gasteiger partial charge in [-0.15, -0.1) is 0 Å². The average molecular weight is 425 g/mol. The van der Waals surface area contributed by atoms with Gasteiger partial charge in [0.25, 0.3) is 10.0 Å². The average Bonchev–Trinajstić information content (AvgIpc) is 2.69. The first-order valence-corrected chi connectivity index (χ1v) is 11.9. The Morgan fingerprint density at radius 2 is 1.54 bits per heavy atom. The van der Waals surface area contributed by atoms with Gasteiger partial charge >= 0.3 is 0 Å². The van der Waals surface area contributed by atoms with E-state index in [9.17, 15) is 16.8 Å². The van der Waals surface area contributed by atoms with Gasteiger partial charge in [0.1, 0.15) is 0 Å². The van der Waals surface area contributed by atoms with Crippen molar-refractivity contribution in [2.75, 3.05) is 36.8 Å².